The predicted octanol–water partition coefficient (Wildman–Crippen LogP) is 2.78. The molecule has 15 heavy (non-hydrogen) atoms. The number of carbonyl (C=O) groups is 1. The Morgan fingerprint density at radius 1 is 1.47 bits per heavy atom. The standard InChI is InChI=1S/C13H16O2/c1-3-11(14)13-9(2)8-15-12-7-5-4-6-10(12)13/h4-7,9,13H,3,8H2,1-2H3. The van der Waals surface area contributed by atoms with Gasteiger partial charge in [0.2, 0.25) is 0 Å². The van der Waals surface area contributed by atoms with Crippen molar-refractivity contribution in [1.82, 2.24) is 0 Å². The van der Waals surface area contributed by atoms with Gasteiger partial charge in [0.1, 0.15) is 11.5 Å². The van der Waals surface area contributed by atoms with Gasteiger partial charge in [0.25, 0.3) is 0 Å². The second-order valence-corrected chi connectivity index (χ2v) is 4.12. The first-order valence-electron chi connectivity index (χ1n) is 5.48. The Balaban J connectivity index is 2.41. The van der Waals surface area contributed by atoms with E-state index >= 15 is 0 Å². The van der Waals surface area contributed by atoms with Crippen molar-refractivity contribution < 1.29 is 9.53 Å². The van der Waals surface area contributed by atoms with Crippen LogP contribution in [0.4, 0.5) is 0 Å². The smallest absolute Gasteiger partial charge is 0.140 e. The van der Waals surface area contributed by atoms with Crippen molar-refractivity contribution >= 4 is 5.78 Å². The van der Waals surface area contributed by atoms with Gasteiger partial charge in [-0.2, -0.15) is 0 Å². The minimum atomic E-state index is 0.0277. The molecule has 1 aromatic rings. The van der Waals surface area contributed by atoms with Crippen LogP contribution in [0.5, 0.6) is 5.75 Å². The highest BCUT2D eigenvalue weighted by atomic mass is 16.5. The van der Waals surface area contributed by atoms with E-state index in [2.05, 4.69) is 6.92 Å². The molecule has 0 aromatic heterocycles. The maximum Gasteiger partial charge on any atom is 0.140 e. The molecule has 0 spiro atoms. The second kappa shape index (κ2) is 4.05. The number of hydrogen-bond donors (Lipinski definition) is 0. The van der Waals surface area contributed by atoms with Crippen molar-refractivity contribution in [2.75, 3.05) is 6.61 Å². The van der Waals surface area contributed by atoms with Gasteiger partial charge in [0.05, 0.1) is 12.5 Å². The molecule has 0 radical (unpaired) electrons. The number of para-hydroxylation sites is 1. The molecule has 0 aliphatic carbocycles. The number of fused-ring (bicyclic) bond motifs is 1. The van der Waals surface area contributed by atoms with Gasteiger partial charge in [-0.15, -0.1) is 0 Å². The summed E-state index contributed by atoms with van der Waals surface area (Å²) in [7, 11) is 0. The van der Waals surface area contributed by atoms with Crippen molar-refractivity contribution in [3.05, 3.63) is 29.8 Å². The summed E-state index contributed by atoms with van der Waals surface area (Å²) in [4.78, 5) is 11.9. The van der Waals surface area contributed by atoms with Crippen LogP contribution in [0.1, 0.15) is 31.7 Å². The van der Waals surface area contributed by atoms with Crippen molar-refractivity contribution in [3.63, 3.8) is 0 Å². The zero-order valence-electron chi connectivity index (χ0n) is 9.19. The van der Waals surface area contributed by atoms with E-state index in [9.17, 15) is 4.79 Å². The van der Waals surface area contributed by atoms with E-state index in [4.69, 9.17) is 4.74 Å². The molecule has 0 amide bonds. The van der Waals surface area contributed by atoms with Crippen LogP contribution in [-0.4, -0.2) is 12.4 Å². The first-order valence-corrected chi connectivity index (χ1v) is 5.48. The fourth-order valence-corrected chi connectivity index (χ4v) is 2.20. The highest BCUT2D eigenvalue weighted by molar-refractivity contribution is 5.86. The summed E-state index contributed by atoms with van der Waals surface area (Å²) in [6.07, 6.45) is 0.601. The summed E-state index contributed by atoms with van der Waals surface area (Å²) < 4.78 is 5.61. The van der Waals surface area contributed by atoms with Crippen LogP contribution in [0.25, 0.3) is 0 Å². The molecule has 1 heterocycles. The lowest BCUT2D eigenvalue weighted by molar-refractivity contribution is -0.121. The normalized spacial score (nSPS) is 24.1. The molecule has 0 saturated carbocycles. The van der Waals surface area contributed by atoms with Gasteiger partial charge >= 0.3 is 0 Å². The number of rotatable bonds is 2. The number of carbonyl (C=O) groups excluding carboxylic acids is 1. The Bertz CT molecular complexity index is 371. The van der Waals surface area contributed by atoms with Gasteiger partial charge < -0.3 is 4.74 Å². The summed E-state index contributed by atoms with van der Waals surface area (Å²) in [6, 6.07) is 7.86. The van der Waals surface area contributed by atoms with Crippen LogP contribution >= 0.6 is 0 Å². The zero-order chi connectivity index (χ0) is 10.8. The Hall–Kier alpha value is -1.31. The molecule has 0 fully saturated rings. The summed E-state index contributed by atoms with van der Waals surface area (Å²) >= 11 is 0. The van der Waals surface area contributed by atoms with E-state index in [1.165, 1.54) is 0 Å². The lowest BCUT2D eigenvalue weighted by Crippen LogP contribution is -2.28. The molecule has 1 aromatic carbocycles. The monoisotopic (exact) mass is 204 g/mol. The molecule has 2 nitrogen and oxygen atoms in total. The zero-order valence-corrected chi connectivity index (χ0v) is 9.19. The maximum absolute atomic E-state index is 11.9. The number of ether oxygens (including phenoxy) is 1. The summed E-state index contributed by atoms with van der Waals surface area (Å²) in [5, 5.41) is 0. The summed E-state index contributed by atoms with van der Waals surface area (Å²) in [5.74, 6) is 1.51. The van der Waals surface area contributed by atoms with Gasteiger partial charge in [0, 0.05) is 17.9 Å². The molecule has 2 atom stereocenters. The molecular weight excluding hydrogens is 188 g/mol. The van der Waals surface area contributed by atoms with Crippen LogP contribution in [0.15, 0.2) is 24.3 Å². The third-order valence-corrected chi connectivity index (χ3v) is 3.02. The van der Waals surface area contributed by atoms with Crippen LogP contribution < -0.4 is 4.74 Å². The number of Topliss-reactive ketones (excluding diaryl/α,β-unsaturated/α-hetero) is 1. The molecular formula is C13H16O2. The molecule has 1 aliphatic rings. The number of hydrogen-bond acceptors (Lipinski definition) is 2. The van der Waals surface area contributed by atoms with Crippen molar-refractivity contribution in [3.8, 4) is 5.75 Å². The maximum atomic E-state index is 11.9. The summed E-state index contributed by atoms with van der Waals surface area (Å²) in [6.45, 7) is 4.65. The molecule has 2 unspecified atom stereocenters. The van der Waals surface area contributed by atoms with Crippen LogP contribution in [0.3, 0.4) is 0 Å². The molecule has 0 bridgehead atoms. The molecule has 2 rings (SSSR count). The van der Waals surface area contributed by atoms with Gasteiger partial charge in [-0.3, -0.25) is 4.79 Å². The topological polar surface area (TPSA) is 26.3 Å². The van der Waals surface area contributed by atoms with E-state index in [1.54, 1.807) is 0 Å². The van der Waals surface area contributed by atoms with E-state index in [-0.39, 0.29) is 11.8 Å². The summed E-state index contributed by atoms with van der Waals surface area (Å²) in [5.41, 5.74) is 1.06. The van der Waals surface area contributed by atoms with Crippen LogP contribution in [0, 0.1) is 5.92 Å². The number of benzene rings is 1. The molecule has 0 N–H and O–H groups in total. The first kappa shape index (κ1) is 10.2. The minimum absolute atomic E-state index is 0.0277. The average Bonchev–Trinajstić information content (AvgIpc) is 2.28. The van der Waals surface area contributed by atoms with Gasteiger partial charge in [0.15, 0.2) is 0 Å². The van der Waals surface area contributed by atoms with E-state index in [1.807, 2.05) is 31.2 Å². The van der Waals surface area contributed by atoms with Gasteiger partial charge in [-0.1, -0.05) is 32.0 Å². The van der Waals surface area contributed by atoms with E-state index in [0.29, 0.717) is 18.8 Å². The number of ketones is 1. The second-order valence-electron chi connectivity index (χ2n) is 4.12. The average molecular weight is 204 g/mol. The first-order chi connectivity index (χ1) is 7.24. The highest BCUT2D eigenvalue weighted by Gasteiger charge is 2.31. The largest absolute Gasteiger partial charge is 0.493 e. The third-order valence-electron chi connectivity index (χ3n) is 3.02. The third kappa shape index (κ3) is 1.76. The Morgan fingerprint density at radius 3 is 2.93 bits per heavy atom. The van der Waals surface area contributed by atoms with Gasteiger partial charge in [-0.25, -0.2) is 0 Å². The molecule has 2 heteroatoms. The molecule has 0 saturated heterocycles. The SMILES string of the molecule is CCC(=O)C1c2ccccc2OCC1C. The fraction of sp³-hybridized carbons (Fsp3) is 0.462. The van der Waals surface area contributed by atoms with Crippen molar-refractivity contribution in [2.24, 2.45) is 5.92 Å². The lowest BCUT2D eigenvalue weighted by Gasteiger charge is -2.30. The fourth-order valence-electron chi connectivity index (χ4n) is 2.20. The van der Waals surface area contributed by atoms with Gasteiger partial charge in [-0.05, 0) is 6.07 Å². The Kier molecular flexibility index (Phi) is 2.76. The molecule has 1 aliphatic heterocycles. The minimum Gasteiger partial charge on any atom is -0.493 e. The predicted molar refractivity (Wildman–Crippen MR) is 59.1 cm³/mol. The van der Waals surface area contributed by atoms with E-state index < -0.39 is 0 Å². The molecule has 80 valence electrons. The van der Waals surface area contributed by atoms with Crippen LogP contribution in [0.2, 0.25) is 0 Å². The van der Waals surface area contributed by atoms with Crippen molar-refractivity contribution in [2.45, 2.75) is 26.2 Å². The lowest BCUT2D eigenvalue weighted by atomic mass is 9.81. The Labute approximate surface area is 90.3 Å². The Morgan fingerprint density at radius 2 is 2.20 bits per heavy atom. The quantitative estimate of drug-likeness (QED) is 0.740. The van der Waals surface area contributed by atoms with E-state index in [0.717, 1.165) is 11.3 Å². The highest BCUT2D eigenvalue weighted by Crippen LogP contribution is 2.37. The van der Waals surface area contributed by atoms with Crippen LogP contribution in [-0.2, 0) is 4.79 Å². The van der Waals surface area contributed by atoms with Crippen molar-refractivity contribution in [1.29, 1.82) is 0 Å².